The molecule has 318 valence electrons. The Morgan fingerprint density at radius 1 is 0.343 bits per heavy atom. The van der Waals surface area contributed by atoms with E-state index in [1.165, 1.54) is 132 Å². The lowest BCUT2D eigenvalue weighted by Crippen LogP contribution is -2.61. The summed E-state index contributed by atoms with van der Waals surface area (Å²) in [5.41, 5.74) is 14.1. The summed E-state index contributed by atoms with van der Waals surface area (Å²) in [6, 6.07) is 71.7. The van der Waals surface area contributed by atoms with Crippen LogP contribution < -0.4 is 26.2 Å². The van der Waals surface area contributed by atoms with Crippen LogP contribution in [0.25, 0.3) is 75.5 Å². The molecule has 2 aliphatic rings. The van der Waals surface area contributed by atoms with Gasteiger partial charge in [0, 0.05) is 41.0 Å². The number of rotatable bonds is 4. The van der Waals surface area contributed by atoms with Gasteiger partial charge < -0.3 is 9.47 Å². The normalized spacial score (nSPS) is 13.3. The molecule has 0 saturated heterocycles. The summed E-state index contributed by atoms with van der Waals surface area (Å²) in [5.74, 6) is 2.00. The SMILES string of the molecule is CC(C)c1ccc2c(c1)B1c3c(cccc3N(c3ccc4c5ccccc5c5ccccc5c4c3)c3c1c1cc(C(C)C)ccc1n3C)N2c1ccc2c3ccccc3c3ccccc3c2c1. The number of anilines is 6. The minimum atomic E-state index is 0.00368. The van der Waals surface area contributed by atoms with Crippen LogP contribution in [0.3, 0.4) is 0 Å². The number of nitrogens with zero attached hydrogens (tertiary/aromatic N) is 3. The smallest absolute Gasteiger partial charge is 0.255 e. The number of aryl methyl sites for hydroxylation is 1. The second-order valence-corrected chi connectivity index (χ2v) is 19.7. The van der Waals surface area contributed by atoms with Crippen LogP contribution in [-0.4, -0.2) is 11.3 Å². The van der Waals surface area contributed by atoms with Gasteiger partial charge in [0.15, 0.2) is 0 Å². The van der Waals surface area contributed by atoms with Gasteiger partial charge in [-0.15, -0.1) is 0 Å². The van der Waals surface area contributed by atoms with Gasteiger partial charge in [0.05, 0.1) is 0 Å². The molecule has 0 fully saturated rings. The van der Waals surface area contributed by atoms with E-state index in [0.717, 1.165) is 5.69 Å². The van der Waals surface area contributed by atoms with Gasteiger partial charge in [0.2, 0.25) is 0 Å². The molecule has 0 unspecified atom stereocenters. The molecule has 3 heterocycles. The first-order chi connectivity index (χ1) is 32.8. The molecule has 14 rings (SSSR count). The molecule has 67 heavy (non-hydrogen) atoms. The van der Waals surface area contributed by atoms with Gasteiger partial charge in [0.1, 0.15) is 5.82 Å². The maximum Gasteiger partial charge on any atom is 0.255 e. The molecule has 11 aromatic carbocycles. The highest BCUT2D eigenvalue weighted by atomic mass is 15.3. The van der Waals surface area contributed by atoms with Crippen molar-refractivity contribution >= 4 is 133 Å². The van der Waals surface area contributed by atoms with Crippen LogP contribution in [0.1, 0.15) is 50.7 Å². The summed E-state index contributed by atoms with van der Waals surface area (Å²) < 4.78 is 2.48. The van der Waals surface area contributed by atoms with E-state index in [0.29, 0.717) is 11.8 Å². The van der Waals surface area contributed by atoms with Crippen molar-refractivity contribution in [3.8, 4) is 0 Å². The highest BCUT2D eigenvalue weighted by molar-refractivity contribution is 7.01. The molecule has 0 atom stereocenters. The lowest BCUT2D eigenvalue weighted by atomic mass is 9.33. The van der Waals surface area contributed by atoms with Crippen LogP contribution >= 0.6 is 0 Å². The summed E-state index contributed by atoms with van der Waals surface area (Å²) in [6.07, 6.45) is 0. The number of fused-ring (bicyclic) bond motifs is 18. The lowest BCUT2D eigenvalue weighted by molar-refractivity contribution is 0.867. The number of hydrogen-bond donors (Lipinski definition) is 0. The van der Waals surface area contributed by atoms with Crippen molar-refractivity contribution in [2.45, 2.75) is 39.5 Å². The van der Waals surface area contributed by atoms with E-state index in [4.69, 9.17) is 0 Å². The fourth-order valence-electron chi connectivity index (χ4n) is 12.3. The molecule has 0 aliphatic carbocycles. The van der Waals surface area contributed by atoms with Crippen molar-refractivity contribution in [2.24, 2.45) is 7.05 Å². The summed E-state index contributed by atoms with van der Waals surface area (Å²) in [7, 11) is 2.28. The van der Waals surface area contributed by atoms with E-state index < -0.39 is 0 Å². The summed E-state index contributed by atoms with van der Waals surface area (Å²) >= 11 is 0. The van der Waals surface area contributed by atoms with E-state index in [9.17, 15) is 0 Å². The predicted molar refractivity (Wildman–Crippen MR) is 290 cm³/mol. The number of aromatic nitrogens is 1. The van der Waals surface area contributed by atoms with Crippen LogP contribution in [0.15, 0.2) is 188 Å². The Kier molecular flexibility index (Phi) is 8.09. The van der Waals surface area contributed by atoms with Gasteiger partial charge >= 0.3 is 0 Å². The third-order valence-corrected chi connectivity index (χ3v) is 15.5. The summed E-state index contributed by atoms with van der Waals surface area (Å²) in [5, 5.41) is 16.7. The monoisotopic (exact) mass is 857 g/mol. The maximum absolute atomic E-state index is 2.60. The molecular formula is C63H48BN3. The predicted octanol–water partition coefficient (Wildman–Crippen LogP) is 15.4. The minimum absolute atomic E-state index is 0.00368. The lowest BCUT2D eigenvalue weighted by Gasteiger charge is -2.43. The van der Waals surface area contributed by atoms with E-state index >= 15 is 0 Å². The third kappa shape index (κ3) is 5.30. The second kappa shape index (κ2) is 14.1. The molecule has 2 aliphatic heterocycles. The summed E-state index contributed by atoms with van der Waals surface area (Å²) in [4.78, 5) is 5.17. The second-order valence-electron chi connectivity index (χ2n) is 19.7. The molecule has 12 aromatic rings. The van der Waals surface area contributed by atoms with Crippen LogP contribution in [0.4, 0.5) is 34.3 Å². The molecule has 0 N–H and O–H groups in total. The third-order valence-electron chi connectivity index (χ3n) is 15.5. The van der Waals surface area contributed by atoms with Crippen LogP contribution in [0.2, 0.25) is 0 Å². The van der Waals surface area contributed by atoms with Crippen LogP contribution in [0.5, 0.6) is 0 Å². The molecular weight excluding hydrogens is 810 g/mol. The van der Waals surface area contributed by atoms with Crippen molar-refractivity contribution in [2.75, 3.05) is 9.80 Å². The van der Waals surface area contributed by atoms with Gasteiger partial charge in [0.25, 0.3) is 6.71 Å². The van der Waals surface area contributed by atoms with E-state index in [2.05, 4.69) is 237 Å². The highest BCUT2D eigenvalue weighted by Gasteiger charge is 2.46. The van der Waals surface area contributed by atoms with Crippen LogP contribution in [0, 0.1) is 0 Å². The molecule has 4 heteroatoms. The Bertz CT molecular complexity index is 4030. The molecule has 0 radical (unpaired) electrons. The maximum atomic E-state index is 2.60. The zero-order chi connectivity index (χ0) is 44.8. The Hall–Kier alpha value is -7.82. The van der Waals surface area contributed by atoms with Gasteiger partial charge in [-0.2, -0.15) is 0 Å². The van der Waals surface area contributed by atoms with Gasteiger partial charge in [-0.05, 0) is 164 Å². The fourth-order valence-corrected chi connectivity index (χ4v) is 12.3. The Morgan fingerprint density at radius 3 is 1.28 bits per heavy atom. The van der Waals surface area contributed by atoms with Crippen molar-refractivity contribution in [1.29, 1.82) is 0 Å². The van der Waals surface area contributed by atoms with Crippen molar-refractivity contribution in [1.82, 2.24) is 4.57 Å². The molecule has 1 aromatic heterocycles. The zero-order valence-electron chi connectivity index (χ0n) is 38.5. The van der Waals surface area contributed by atoms with E-state index in [1.807, 2.05) is 0 Å². The Balaban J connectivity index is 1.09. The van der Waals surface area contributed by atoms with Crippen molar-refractivity contribution in [3.63, 3.8) is 0 Å². The Morgan fingerprint density at radius 2 is 0.776 bits per heavy atom. The Labute approximate surface area is 391 Å². The van der Waals surface area contributed by atoms with Crippen LogP contribution in [-0.2, 0) is 7.05 Å². The first-order valence-electron chi connectivity index (χ1n) is 24.0. The molecule has 0 amide bonds. The molecule has 0 bridgehead atoms. The van der Waals surface area contributed by atoms with E-state index in [1.54, 1.807) is 0 Å². The van der Waals surface area contributed by atoms with Crippen molar-refractivity contribution in [3.05, 3.63) is 199 Å². The minimum Gasteiger partial charge on any atom is -0.330 e. The molecule has 0 saturated carbocycles. The zero-order valence-corrected chi connectivity index (χ0v) is 38.5. The van der Waals surface area contributed by atoms with Gasteiger partial charge in [-0.3, -0.25) is 4.90 Å². The van der Waals surface area contributed by atoms with Gasteiger partial charge in [-0.1, -0.05) is 161 Å². The fraction of sp³-hybridized carbons (Fsp3) is 0.111. The largest absolute Gasteiger partial charge is 0.330 e. The first kappa shape index (κ1) is 38.5. The quantitative estimate of drug-likeness (QED) is 0.129. The molecule has 0 spiro atoms. The van der Waals surface area contributed by atoms with Gasteiger partial charge in [-0.25, -0.2) is 0 Å². The first-order valence-corrected chi connectivity index (χ1v) is 24.0. The standard InChI is InChI=1S/C63H48BN3/c1-37(2)39-25-31-57-55(33-39)61-63(65(57)5)67(42-28-30-52-48-20-9-7-16-44(48)46-18-11-13-22-50(46)54(52)36-42)60-24-14-23-59-62(60)64(61)56-34-40(38(3)4)26-32-58(56)66(59)41-27-29-51-47-19-8-6-15-43(47)45-17-10-12-21-49(45)53(51)35-41/h6-38H,1-5H3. The topological polar surface area (TPSA) is 11.4 Å². The number of hydrogen-bond acceptors (Lipinski definition) is 2. The average molecular weight is 858 g/mol. The van der Waals surface area contributed by atoms with Crippen molar-refractivity contribution < 1.29 is 0 Å². The highest BCUT2D eigenvalue weighted by Crippen LogP contribution is 2.48. The summed E-state index contributed by atoms with van der Waals surface area (Å²) in [6.45, 7) is 9.29. The number of benzene rings is 11. The average Bonchev–Trinajstić information content (AvgIpc) is 3.66. The molecule has 3 nitrogen and oxygen atoms in total. The van der Waals surface area contributed by atoms with E-state index in [-0.39, 0.29) is 6.71 Å².